The van der Waals surface area contributed by atoms with E-state index >= 15 is 0 Å². The summed E-state index contributed by atoms with van der Waals surface area (Å²) in [5, 5.41) is 8.71. The van der Waals surface area contributed by atoms with Crippen LogP contribution in [-0.2, 0) is 6.54 Å². The van der Waals surface area contributed by atoms with Crippen molar-refractivity contribution in [1.29, 1.82) is 0 Å². The van der Waals surface area contributed by atoms with Gasteiger partial charge in [-0.2, -0.15) is 5.10 Å². The quantitative estimate of drug-likeness (QED) is 0.241. The third-order valence-electron chi connectivity index (χ3n) is 6.85. The number of carbonyl (C=O) groups excluding carboxylic acids is 1. The molecule has 0 saturated carbocycles. The van der Waals surface area contributed by atoms with Crippen LogP contribution in [0, 0.1) is 6.92 Å². The molecule has 1 atom stereocenters. The molecule has 3 heterocycles. The van der Waals surface area contributed by atoms with Gasteiger partial charge in [-0.05, 0) is 73.3 Å². The molecule has 0 fully saturated rings. The van der Waals surface area contributed by atoms with E-state index in [1.165, 1.54) is 0 Å². The summed E-state index contributed by atoms with van der Waals surface area (Å²) in [6, 6.07) is 29.3. The summed E-state index contributed by atoms with van der Waals surface area (Å²) in [5.41, 5.74) is 5.54. The highest BCUT2D eigenvalue weighted by Gasteiger charge is 2.36. The Hall–Kier alpha value is -3.94. The predicted octanol–water partition coefficient (Wildman–Crippen LogP) is 7.48. The van der Waals surface area contributed by atoms with E-state index in [4.69, 9.17) is 16.7 Å². The van der Waals surface area contributed by atoms with E-state index < -0.39 is 0 Å². The Labute approximate surface area is 230 Å². The number of para-hydroxylation sites is 1. The number of urea groups is 1. The molecule has 190 valence electrons. The van der Waals surface area contributed by atoms with Crippen LogP contribution >= 0.6 is 23.4 Å². The standard InChI is InChI=1S/C30H26ClN5OS/c1-20-26-19-35(30(37)32-23-8-6-11-25(18-23)38-2)28(21-13-15-22(31)16-14-21)27-12-7-17-34(27)29(26)36(33-20)24-9-4-3-5-10-24/h3-18,28H,19H2,1-2H3,(H,32,37)/t28-/m0/s1. The van der Waals surface area contributed by atoms with Crippen molar-refractivity contribution in [2.75, 3.05) is 11.6 Å². The largest absolute Gasteiger partial charge is 0.322 e. The van der Waals surface area contributed by atoms with E-state index in [1.807, 2.05) is 114 Å². The molecule has 0 aliphatic carbocycles. The first-order chi connectivity index (χ1) is 18.5. The fraction of sp³-hybridized carbons (Fsp3) is 0.133. The summed E-state index contributed by atoms with van der Waals surface area (Å²) in [5.74, 6) is 0.937. The minimum absolute atomic E-state index is 0.185. The van der Waals surface area contributed by atoms with Crippen LogP contribution in [-0.4, -0.2) is 31.5 Å². The zero-order chi connectivity index (χ0) is 26.2. The van der Waals surface area contributed by atoms with Gasteiger partial charge in [0.05, 0.1) is 29.7 Å². The molecule has 6 nitrogen and oxygen atoms in total. The maximum absolute atomic E-state index is 14.0. The van der Waals surface area contributed by atoms with Crippen LogP contribution in [0.25, 0.3) is 11.5 Å². The van der Waals surface area contributed by atoms with Crippen molar-refractivity contribution >= 4 is 35.1 Å². The maximum Gasteiger partial charge on any atom is 0.322 e. The summed E-state index contributed by atoms with van der Waals surface area (Å²) in [7, 11) is 0. The smallest absolute Gasteiger partial charge is 0.308 e. The zero-order valence-corrected chi connectivity index (χ0v) is 22.6. The molecule has 1 aliphatic rings. The monoisotopic (exact) mass is 539 g/mol. The Bertz CT molecular complexity index is 1610. The van der Waals surface area contributed by atoms with Crippen LogP contribution in [0.4, 0.5) is 10.5 Å². The topological polar surface area (TPSA) is 55.1 Å². The molecule has 1 N–H and O–H groups in total. The molecule has 5 aromatic rings. The first-order valence-electron chi connectivity index (χ1n) is 12.3. The fourth-order valence-corrected chi connectivity index (χ4v) is 5.63. The molecule has 2 aromatic heterocycles. The number of aryl methyl sites for hydroxylation is 1. The summed E-state index contributed by atoms with van der Waals surface area (Å²) in [6.45, 7) is 2.39. The number of hydrogen-bond acceptors (Lipinski definition) is 3. The Morgan fingerprint density at radius 3 is 2.55 bits per heavy atom. The second-order valence-corrected chi connectivity index (χ2v) is 10.5. The van der Waals surface area contributed by atoms with Crippen LogP contribution < -0.4 is 5.32 Å². The lowest BCUT2D eigenvalue weighted by molar-refractivity contribution is 0.194. The molecule has 0 bridgehead atoms. The van der Waals surface area contributed by atoms with Gasteiger partial charge in [0.1, 0.15) is 5.82 Å². The summed E-state index contributed by atoms with van der Waals surface area (Å²) in [4.78, 5) is 17.0. The number of rotatable bonds is 4. The lowest BCUT2D eigenvalue weighted by atomic mass is 10.0. The van der Waals surface area contributed by atoms with E-state index in [9.17, 15) is 4.79 Å². The number of fused-ring (bicyclic) bond motifs is 3. The van der Waals surface area contributed by atoms with Crippen LogP contribution in [0.1, 0.15) is 28.6 Å². The number of halogens is 1. The van der Waals surface area contributed by atoms with Crippen molar-refractivity contribution < 1.29 is 4.79 Å². The molecule has 0 saturated heterocycles. The highest BCUT2D eigenvalue weighted by Crippen LogP contribution is 2.39. The normalized spacial score (nSPS) is 14.5. The number of nitrogens with zero attached hydrogens (tertiary/aromatic N) is 4. The molecule has 2 amide bonds. The minimum Gasteiger partial charge on any atom is -0.308 e. The molecule has 38 heavy (non-hydrogen) atoms. The van der Waals surface area contributed by atoms with Crippen molar-refractivity contribution in [3.05, 3.63) is 125 Å². The number of aromatic nitrogens is 3. The molecular weight excluding hydrogens is 514 g/mol. The Morgan fingerprint density at radius 1 is 1.00 bits per heavy atom. The Kier molecular flexibility index (Phi) is 6.47. The number of anilines is 1. The first-order valence-corrected chi connectivity index (χ1v) is 13.9. The van der Waals surface area contributed by atoms with Gasteiger partial charge in [-0.3, -0.25) is 0 Å². The minimum atomic E-state index is -0.345. The SMILES string of the molecule is CSc1cccc(NC(=O)N2Cc3c(C)nn(-c4ccccc4)c3-n3cccc3[C@@H]2c2ccc(Cl)cc2)c1. The maximum atomic E-state index is 14.0. The van der Waals surface area contributed by atoms with Gasteiger partial charge in [0.25, 0.3) is 0 Å². The van der Waals surface area contributed by atoms with Crippen LogP contribution in [0.5, 0.6) is 0 Å². The van der Waals surface area contributed by atoms with E-state index in [1.54, 1.807) is 11.8 Å². The summed E-state index contributed by atoms with van der Waals surface area (Å²) < 4.78 is 4.12. The second kappa shape index (κ2) is 10.1. The van der Waals surface area contributed by atoms with Crippen molar-refractivity contribution in [2.45, 2.75) is 24.4 Å². The van der Waals surface area contributed by atoms with Gasteiger partial charge in [0, 0.05) is 27.4 Å². The average Bonchev–Trinajstić information content (AvgIpc) is 3.50. The number of amides is 2. The van der Waals surface area contributed by atoms with Crippen molar-refractivity contribution in [3.8, 4) is 11.5 Å². The Balaban J connectivity index is 1.52. The lowest BCUT2D eigenvalue weighted by Gasteiger charge is -2.31. The van der Waals surface area contributed by atoms with Crippen molar-refractivity contribution in [3.63, 3.8) is 0 Å². The van der Waals surface area contributed by atoms with E-state index in [0.717, 1.165) is 44.6 Å². The predicted molar refractivity (Wildman–Crippen MR) is 154 cm³/mol. The highest BCUT2D eigenvalue weighted by atomic mass is 35.5. The van der Waals surface area contributed by atoms with Gasteiger partial charge in [-0.15, -0.1) is 11.8 Å². The van der Waals surface area contributed by atoms with Gasteiger partial charge < -0.3 is 14.8 Å². The van der Waals surface area contributed by atoms with Gasteiger partial charge in [0.15, 0.2) is 0 Å². The number of nitrogens with one attached hydrogen (secondary N) is 1. The van der Waals surface area contributed by atoms with Gasteiger partial charge in [0.2, 0.25) is 0 Å². The van der Waals surface area contributed by atoms with Gasteiger partial charge in [-0.1, -0.05) is 48.0 Å². The third kappa shape index (κ3) is 4.38. The summed E-state index contributed by atoms with van der Waals surface area (Å²) >= 11 is 7.89. The van der Waals surface area contributed by atoms with Crippen LogP contribution in [0.3, 0.4) is 0 Å². The molecule has 8 heteroatoms. The first kappa shape index (κ1) is 24.4. The highest BCUT2D eigenvalue weighted by molar-refractivity contribution is 7.98. The lowest BCUT2D eigenvalue weighted by Crippen LogP contribution is -2.38. The van der Waals surface area contributed by atoms with E-state index in [2.05, 4.69) is 16.0 Å². The van der Waals surface area contributed by atoms with Crippen LogP contribution in [0.15, 0.2) is 102 Å². The van der Waals surface area contributed by atoms with E-state index in [0.29, 0.717) is 11.6 Å². The molecular formula is C30H26ClN5OS. The molecule has 0 radical (unpaired) electrons. The zero-order valence-electron chi connectivity index (χ0n) is 21.0. The number of hydrogen-bond donors (Lipinski definition) is 1. The number of benzene rings is 3. The second-order valence-electron chi connectivity index (χ2n) is 9.18. The third-order valence-corrected chi connectivity index (χ3v) is 7.83. The van der Waals surface area contributed by atoms with Crippen LogP contribution in [0.2, 0.25) is 5.02 Å². The van der Waals surface area contributed by atoms with Gasteiger partial charge in [-0.25, -0.2) is 9.48 Å². The van der Waals surface area contributed by atoms with Crippen molar-refractivity contribution in [1.82, 2.24) is 19.2 Å². The fourth-order valence-electron chi connectivity index (χ4n) is 5.04. The molecule has 6 rings (SSSR count). The molecule has 0 unspecified atom stereocenters. The van der Waals surface area contributed by atoms with Crippen molar-refractivity contribution in [2.24, 2.45) is 0 Å². The number of thioether (sulfide) groups is 1. The van der Waals surface area contributed by atoms with E-state index in [-0.39, 0.29) is 12.1 Å². The Morgan fingerprint density at radius 2 is 1.79 bits per heavy atom. The molecule has 0 spiro atoms. The average molecular weight is 540 g/mol. The number of carbonyl (C=O) groups is 1. The molecule has 3 aromatic carbocycles. The summed E-state index contributed by atoms with van der Waals surface area (Å²) in [6.07, 6.45) is 4.07. The van der Waals surface area contributed by atoms with Gasteiger partial charge >= 0.3 is 6.03 Å². The molecule has 1 aliphatic heterocycles.